The maximum Gasteiger partial charge on any atom is 0.313 e. The Morgan fingerprint density at radius 1 is 1.40 bits per heavy atom. The van der Waals surface area contributed by atoms with Crippen molar-refractivity contribution in [2.24, 2.45) is 0 Å². The Labute approximate surface area is 128 Å². The largest absolute Gasteiger partial charge is 0.481 e. The van der Waals surface area contributed by atoms with Gasteiger partial charge in [-0.25, -0.2) is 0 Å². The van der Waals surface area contributed by atoms with Gasteiger partial charge in [-0.1, -0.05) is 21.1 Å². The van der Waals surface area contributed by atoms with Crippen LogP contribution in [0.4, 0.5) is 0 Å². The summed E-state index contributed by atoms with van der Waals surface area (Å²) in [6, 6.07) is 3.96. The highest BCUT2D eigenvalue weighted by Gasteiger charge is 2.11. The van der Waals surface area contributed by atoms with Gasteiger partial charge in [-0.3, -0.25) is 4.79 Å². The van der Waals surface area contributed by atoms with E-state index in [0.29, 0.717) is 17.5 Å². The highest BCUT2D eigenvalue weighted by Crippen LogP contribution is 2.27. The smallest absolute Gasteiger partial charge is 0.313 e. The van der Waals surface area contributed by atoms with Gasteiger partial charge in [0.2, 0.25) is 11.7 Å². The van der Waals surface area contributed by atoms with E-state index >= 15 is 0 Å². The molecule has 1 N–H and O–H groups in total. The van der Waals surface area contributed by atoms with Crippen molar-refractivity contribution >= 4 is 33.7 Å². The third-order valence-electron chi connectivity index (χ3n) is 2.61. The fourth-order valence-electron chi connectivity index (χ4n) is 1.73. The summed E-state index contributed by atoms with van der Waals surface area (Å²) in [7, 11) is 0. The number of carboxylic acid groups (broad SMARTS) is 1. The minimum Gasteiger partial charge on any atom is -0.481 e. The number of nitrogens with zero attached hydrogens (tertiary/aromatic N) is 2. The zero-order valence-corrected chi connectivity index (χ0v) is 13.4. The van der Waals surface area contributed by atoms with E-state index in [-0.39, 0.29) is 5.75 Å². The number of rotatable bonds is 5. The highest BCUT2D eigenvalue weighted by atomic mass is 79.9. The van der Waals surface area contributed by atoms with Crippen molar-refractivity contribution in [1.82, 2.24) is 10.1 Å². The van der Waals surface area contributed by atoms with Crippen molar-refractivity contribution in [3.05, 3.63) is 33.6 Å². The summed E-state index contributed by atoms with van der Waals surface area (Å²) in [6.07, 6.45) is 0. The van der Waals surface area contributed by atoms with Gasteiger partial charge in [0.25, 0.3) is 0 Å². The second-order valence-electron chi connectivity index (χ2n) is 4.32. The van der Waals surface area contributed by atoms with Crippen LogP contribution in [0.5, 0.6) is 0 Å². The van der Waals surface area contributed by atoms with E-state index in [2.05, 4.69) is 26.1 Å². The Hall–Kier alpha value is -1.34. The number of benzene rings is 1. The van der Waals surface area contributed by atoms with Gasteiger partial charge in [0.05, 0.1) is 11.5 Å². The maximum absolute atomic E-state index is 10.4. The van der Waals surface area contributed by atoms with Crippen LogP contribution in [0.2, 0.25) is 0 Å². The Morgan fingerprint density at radius 3 is 2.65 bits per heavy atom. The normalized spacial score (nSPS) is 10.8. The SMILES string of the molecule is Cc1cc(-c2noc(CSCC(=O)O)n2)cc(C)c1Br. The van der Waals surface area contributed by atoms with E-state index in [1.807, 2.05) is 26.0 Å². The molecule has 20 heavy (non-hydrogen) atoms. The molecule has 5 nitrogen and oxygen atoms in total. The van der Waals surface area contributed by atoms with E-state index in [9.17, 15) is 4.79 Å². The Kier molecular flexibility index (Phi) is 4.82. The van der Waals surface area contributed by atoms with Gasteiger partial charge in [0, 0.05) is 10.0 Å². The summed E-state index contributed by atoms with van der Waals surface area (Å²) < 4.78 is 6.20. The molecule has 0 spiro atoms. The number of aliphatic carboxylic acids is 1. The lowest BCUT2D eigenvalue weighted by molar-refractivity contribution is -0.133. The number of hydrogen-bond acceptors (Lipinski definition) is 5. The molecule has 0 aliphatic rings. The zero-order valence-electron chi connectivity index (χ0n) is 11.0. The molecule has 7 heteroatoms. The number of carboxylic acids is 1. The lowest BCUT2D eigenvalue weighted by atomic mass is 10.1. The van der Waals surface area contributed by atoms with Crippen molar-refractivity contribution in [3.63, 3.8) is 0 Å². The third kappa shape index (κ3) is 3.61. The molecular formula is C13H13BrN2O3S. The van der Waals surface area contributed by atoms with Crippen molar-refractivity contribution < 1.29 is 14.4 Å². The first-order valence-electron chi connectivity index (χ1n) is 5.86. The molecule has 2 aromatic rings. The average molecular weight is 357 g/mol. The molecule has 0 unspecified atom stereocenters. The van der Waals surface area contributed by atoms with Gasteiger partial charge >= 0.3 is 5.97 Å². The molecule has 0 fully saturated rings. The summed E-state index contributed by atoms with van der Waals surface area (Å²) in [5, 5.41) is 12.5. The van der Waals surface area contributed by atoms with Crippen molar-refractivity contribution in [1.29, 1.82) is 0 Å². The molecule has 0 atom stereocenters. The molecule has 0 bridgehead atoms. The third-order valence-corrected chi connectivity index (χ3v) is 4.77. The predicted molar refractivity (Wildman–Crippen MR) is 80.7 cm³/mol. The Bertz CT molecular complexity index is 619. The van der Waals surface area contributed by atoms with E-state index < -0.39 is 5.97 Å². The number of aryl methyl sites for hydroxylation is 2. The molecular weight excluding hydrogens is 344 g/mol. The van der Waals surface area contributed by atoms with Crippen LogP contribution >= 0.6 is 27.7 Å². The first-order valence-corrected chi connectivity index (χ1v) is 7.81. The lowest BCUT2D eigenvalue weighted by Gasteiger charge is -2.04. The fourth-order valence-corrected chi connectivity index (χ4v) is 2.53. The second-order valence-corrected chi connectivity index (χ2v) is 6.10. The molecule has 0 radical (unpaired) electrons. The van der Waals surface area contributed by atoms with Gasteiger partial charge in [-0.15, -0.1) is 11.8 Å². The summed E-state index contributed by atoms with van der Waals surface area (Å²) in [4.78, 5) is 14.7. The zero-order chi connectivity index (χ0) is 14.7. The number of halogens is 1. The number of thioether (sulfide) groups is 1. The molecule has 0 aliphatic carbocycles. The molecule has 0 aliphatic heterocycles. The van der Waals surface area contributed by atoms with Crippen LogP contribution in [0.15, 0.2) is 21.1 Å². The molecule has 0 amide bonds. The summed E-state index contributed by atoms with van der Waals surface area (Å²) in [5.74, 6) is 0.523. The van der Waals surface area contributed by atoms with Crippen molar-refractivity contribution in [2.75, 3.05) is 5.75 Å². The monoisotopic (exact) mass is 356 g/mol. The van der Waals surface area contributed by atoms with Crippen molar-refractivity contribution in [2.45, 2.75) is 19.6 Å². The summed E-state index contributed by atoms with van der Waals surface area (Å²) in [5.41, 5.74) is 3.10. The molecule has 1 aromatic carbocycles. The van der Waals surface area contributed by atoms with Gasteiger partial charge in [0.15, 0.2) is 0 Å². The van der Waals surface area contributed by atoms with Gasteiger partial charge in [0.1, 0.15) is 0 Å². The fraction of sp³-hybridized carbons (Fsp3) is 0.308. The van der Waals surface area contributed by atoms with Gasteiger partial charge in [-0.05, 0) is 37.1 Å². The molecule has 106 valence electrons. The quantitative estimate of drug-likeness (QED) is 0.884. The van der Waals surface area contributed by atoms with Crippen LogP contribution < -0.4 is 0 Å². The molecule has 1 heterocycles. The van der Waals surface area contributed by atoms with Gasteiger partial charge in [-0.2, -0.15) is 4.98 Å². The summed E-state index contributed by atoms with van der Waals surface area (Å²) in [6.45, 7) is 4.01. The molecule has 2 rings (SSSR count). The number of carbonyl (C=O) groups is 1. The van der Waals surface area contributed by atoms with Gasteiger partial charge < -0.3 is 9.63 Å². The second kappa shape index (κ2) is 6.41. The van der Waals surface area contributed by atoms with E-state index in [4.69, 9.17) is 9.63 Å². The highest BCUT2D eigenvalue weighted by molar-refractivity contribution is 9.10. The minimum atomic E-state index is -0.853. The van der Waals surface area contributed by atoms with Crippen LogP contribution in [0.25, 0.3) is 11.4 Å². The topological polar surface area (TPSA) is 76.2 Å². The molecule has 0 saturated heterocycles. The molecule has 1 aromatic heterocycles. The van der Waals surface area contributed by atoms with Crippen LogP contribution in [-0.4, -0.2) is 27.0 Å². The number of aromatic nitrogens is 2. The Balaban J connectivity index is 2.14. The lowest BCUT2D eigenvalue weighted by Crippen LogP contribution is -1.98. The van der Waals surface area contributed by atoms with Crippen LogP contribution in [0.3, 0.4) is 0 Å². The van der Waals surface area contributed by atoms with E-state index in [0.717, 1.165) is 21.2 Å². The molecule has 0 saturated carbocycles. The maximum atomic E-state index is 10.4. The summed E-state index contributed by atoms with van der Waals surface area (Å²) >= 11 is 4.74. The average Bonchev–Trinajstić information content (AvgIpc) is 2.83. The first kappa shape index (κ1) is 15.1. The van der Waals surface area contributed by atoms with Crippen molar-refractivity contribution in [3.8, 4) is 11.4 Å². The van der Waals surface area contributed by atoms with Crippen LogP contribution in [-0.2, 0) is 10.5 Å². The Morgan fingerprint density at radius 2 is 2.05 bits per heavy atom. The van der Waals surface area contributed by atoms with E-state index in [1.54, 1.807) is 0 Å². The standard InChI is InChI=1S/C13H13BrN2O3S/c1-7-3-9(4-8(2)12(7)14)13-15-10(19-16-13)5-20-6-11(17)18/h3-4H,5-6H2,1-2H3,(H,17,18). The first-order chi connectivity index (χ1) is 9.47. The van der Waals surface area contributed by atoms with Crippen LogP contribution in [0.1, 0.15) is 17.0 Å². The van der Waals surface area contributed by atoms with E-state index in [1.165, 1.54) is 11.8 Å². The minimum absolute atomic E-state index is 0.0220. The predicted octanol–water partition coefficient (Wildman–Crippen LogP) is 3.43. The van der Waals surface area contributed by atoms with Crippen LogP contribution in [0, 0.1) is 13.8 Å². The number of hydrogen-bond donors (Lipinski definition) is 1.